The molecule has 1 N–H and O–H groups in total. The number of phenols is 1. The van der Waals surface area contributed by atoms with Crippen LogP contribution < -0.4 is 0 Å². The number of carbonyl (C=O) groups excluding carboxylic acids is 1. The Kier molecular flexibility index (Phi) is 2.95. The second kappa shape index (κ2) is 3.99. The predicted molar refractivity (Wildman–Crippen MR) is 49.2 cm³/mol. The normalized spacial score (nSPS) is 9.21. The highest BCUT2D eigenvalue weighted by Crippen LogP contribution is 2.30. The summed E-state index contributed by atoms with van der Waals surface area (Å²) in [5.41, 5.74) is -0.179. The van der Waals surface area contributed by atoms with Crippen LogP contribution in [0.4, 0.5) is 0 Å². The molecule has 0 aliphatic carbocycles. The number of hydrogen-bond donors (Lipinski definition) is 1. The number of esters is 1. The van der Waals surface area contributed by atoms with Gasteiger partial charge in [-0.05, 0) is 12.1 Å². The Balaban J connectivity index is 3.45. The van der Waals surface area contributed by atoms with E-state index in [4.69, 9.17) is 16.9 Å². The van der Waals surface area contributed by atoms with Gasteiger partial charge in [-0.1, -0.05) is 11.6 Å². The van der Waals surface area contributed by atoms with E-state index < -0.39 is 11.7 Å². The molecule has 0 heterocycles. The van der Waals surface area contributed by atoms with Gasteiger partial charge < -0.3 is 9.84 Å². The van der Waals surface area contributed by atoms with E-state index in [1.165, 1.54) is 12.1 Å². The van der Waals surface area contributed by atoms with Gasteiger partial charge in [0.15, 0.2) is 0 Å². The second-order valence-electron chi connectivity index (χ2n) is 2.42. The van der Waals surface area contributed by atoms with Crippen LogP contribution in [0, 0.1) is 11.3 Å². The highest BCUT2D eigenvalue weighted by atomic mass is 35.5. The monoisotopic (exact) mass is 211 g/mol. The van der Waals surface area contributed by atoms with Gasteiger partial charge in [-0.3, -0.25) is 0 Å². The summed E-state index contributed by atoms with van der Waals surface area (Å²) in [5, 5.41) is 18.1. The number of nitriles is 1. The van der Waals surface area contributed by atoms with Crippen molar-refractivity contribution in [3.8, 4) is 11.8 Å². The summed E-state index contributed by atoms with van der Waals surface area (Å²) in [6, 6.07) is 4.44. The first-order chi connectivity index (χ1) is 6.61. The lowest BCUT2D eigenvalue weighted by Crippen LogP contribution is -2.04. The molecule has 0 saturated heterocycles. The van der Waals surface area contributed by atoms with E-state index in [2.05, 4.69) is 4.74 Å². The molecule has 0 spiro atoms. The lowest BCUT2D eigenvalue weighted by Gasteiger charge is -2.05. The van der Waals surface area contributed by atoms with Crippen LogP contribution in [-0.4, -0.2) is 18.2 Å². The van der Waals surface area contributed by atoms with E-state index >= 15 is 0 Å². The van der Waals surface area contributed by atoms with Crippen LogP contribution in [0.25, 0.3) is 0 Å². The molecule has 5 heteroatoms. The first kappa shape index (κ1) is 10.4. The Hall–Kier alpha value is -1.73. The molecule has 0 aliphatic heterocycles. The zero-order chi connectivity index (χ0) is 10.7. The molecule has 1 aromatic carbocycles. The van der Waals surface area contributed by atoms with Crippen molar-refractivity contribution in [2.24, 2.45) is 0 Å². The third kappa shape index (κ3) is 1.63. The fourth-order valence-corrected chi connectivity index (χ4v) is 1.13. The fourth-order valence-electron chi connectivity index (χ4n) is 0.968. The zero-order valence-electron chi connectivity index (χ0n) is 7.24. The lowest BCUT2D eigenvalue weighted by molar-refractivity contribution is 0.0597. The third-order valence-corrected chi connectivity index (χ3v) is 1.94. The molecular weight excluding hydrogens is 206 g/mol. The van der Waals surface area contributed by atoms with Crippen molar-refractivity contribution in [2.75, 3.05) is 7.11 Å². The molecule has 0 aromatic heterocycles. The quantitative estimate of drug-likeness (QED) is 0.718. The number of rotatable bonds is 1. The van der Waals surface area contributed by atoms with Gasteiger partial charge in [0.05, 0.1) is 17.7 Å². The van der Waals surface area contributed by atoms with Gasteiger partial charge in [-0.25, -0.2) is 4.79 Å². The van der Waals surface area contributed by atoms with Crippen LogP contribution in [0.1, 0.15) is 15.9 Å². The summed E-state index contributed by atoms with van der Waals surface area (Å²) in [6.07, 6.45) is 0. The SMILES string of the molecule is COC(=O)c1c(C#N)ccc(Cl)c1O. The number of carbonyl (C=O) groups is 1. The van der Waals surface area contributed by atoms with Gasteiger partial charge in [0.25, 0.3) is 0 Å². The van der Waals surface area contributed by atoms with Crippen molar-refractivity contribution >= 4 is 17.6 Å². The van der Waals surface area contributed by atoms with E-state index in [9.17, 15) is 9.90 Å². The Morgan fingerprint density at radius 2 is 2.29 bits per heavy atom. The number of methoxy groups -OCH3 is 1. The van der Waals surface area contributed by atoms with Crippen molar-refractivity contribution in [2.45, 2.75) is 0 Å². The summed E-state index contributed by atoms with van der Waals surface area (Å²) in [6.45, 7) is 0. The average molecular weight is 212 g/mol. The number of ether oxygens (including phenoxy) is 1. The molecule has 0 unspecified atom stereocenters. The minimum Gasteiger partial charge on any atom is -0.505 e. The highest BCUT2D eigenvalue weighted by Gasteiger charge is 2.19. The maximum Gasteiger partial charge on any atom is 0.343 e. The van der Waals surface area contributed by atoms with Crippen LogP contribution in [0.5, 0.6) is 5.75 Å². The van der Waals surface area contributed by atoms with Crippen LogP contribution in [0.15, 0.2) is 12.1 Å². The molecule has 0 saturated carbocycles. The molecular formula is C9H6ClNO3. The summed E-state index contributed by atoms with van der Waals surface area (Å²) in [7, 11) is 1.16. The summed E-state index contributed by atoms with van der Waals surface area (Å²) in [4.78, 5) is 11.2. The molecule has 72 valence electrons. The number of aromatic hydroxyl groups is 1. The number of halogens is 1. The van der Waals surface area contributed by atoms with Gasteiger partial charge >= 0.3 is 5.97 Å². The van der Waals surface area contributed by atoms with Gasteiger partial charge in [0.2, 0.25) is 0 Å². The summed E-state index contributed by atoms with van der Waals surface area (Å²) >= 11 is 5.58. The highest BCUT2D eigenvalue weighted by molar-refractivity contribution is 6.32. The molecule has 0 aliphatic rings. The number of nitrogens with zero attached hydrogens (tertiary/aromatic N) is 1. The van der Waals surface area contributed by atoms with Gasteiger partial charge in [-0.15, -0.1) is 0 Å². The van der Waals surface area contributed by atoms with E-state index in [0.29, 0.717) is 0 Å². The lowest BCUT2D eigenvalue weighted by atomic mass is 10.1. The van der Waals surface area contributed by atoms with E-state index in [0.717, 1.165) is 7.11 Å². The topological polar surface area (TPSA) is 70.3 Å². The standard InChI is InChI=1S/C9H6ClNO3/c1-14-9(13)7-5(4-11)2-3-6(10)8(7)12/h2-3,12H,1H3. The first-order valence-corrected chi connectivity index (χ1v) is 3.99. The Bertz CT molecular complexity index is 423. The summed E-state index contributed by atoms with van der Waals surface area (Å²) in [5.74, 6) is -1.22. The second-order valence-corrected chi connectivity index (χ2v) is 2.83. The molecule has 0 fully saturated rings. The van der Waals surface area contributed by atoms with Gasteiger partial charge in [0.1, 0.15) is 17.4 Å². The molecule has 0 amide bonds. The Labute approximate surface area is 85.3 Å². The van der Waals surface area contributed by atoms with Gasteiger partial charge in [0, 0.05) is 0 Å². The minimum absolute atomic E-state index is 0.00407. The van der Waals surface area contributed by atoms with Crippen LogP contribution in [0.3, 0.4) is 0 Å². The number of benzene rings is 1. The molecule has 1 aromatic rings. The predicted octanol–water partition coefficient (Wildman–Crippen LogP) is 1.70. The zero-order valence-corrected chi connectivity index (χ0v) is 8.00. The first-order valence-electron chi connectivity index (χ1n) is 3.61. The fraction of sp³-hybridized carbons (Fsp3) is 0.111. The number of phenolic OH excluding ortho intramolecular Hbond substituents is 1. The summed E-state index contributed by atoms with van der Waals surface area (Å²) < 4.78 is 4.41. The largest absolute Gasteiger partial charge is 0.505 e. The van der Waals surface area contributed by atoms with Crippen molar-refractivity contribution in [1.29, 1.82) is 5.26 Å². The smallest absolute Gasteiger partial charge is 0.343 e. The van der Waals surface area contributed by atoms with Gasteiger partial charge in [-0.2, -0.15) is 5.26 Å². The molecule has 1 rings (SSSR count). The van der Waals surface area contributed by atoms with Crippen LogP contribution in [0.2, 0.25) is 5.02 Å². The van der Waals surface area contributed by atoms with Crippen LogP contribution in [-0.2, 0) is 4.74 Å². The Morgan fingerprint density at radius 3 is 2.79 bits per heavy atom. The number of hydrogen-bond acceptors (Lipinski definition) is 4. The van der Waals surface area contributed by atoms with Crippen molar-refractivity contribution in [1.82, 2.24) is 0 Å². The van der Waals surface area contributed by atoms with Crippen molar-refractivity contribution < 1.29 is 14.6 Å². The van der Waals surface area contributed by atoms with Crippen molar-refractivity contribution in [3.05, 3.63) is 28.3 Å². The Morgan fingerprint density at radius 1 is 1.64 bits per heavy atom. The molecule has 0 bridgehead atoms. The average Bonchev–Trinajstić information content (AvgIpc) is 2.20. The molecule has 0 radical (unpaired) electrons. The third-order valence-electron chi connectivity index (χ3n) is 1.64. The van der Waals surface area contributed by atoms with E-state index in [1.807, 2.05) is 0 Å². The molecule has 4 nitrogen and oxygen atoms in total. The van der Waals surface area contributed by atoms with Crippen molar-refractivity contribution in [3.63, 3.8) is 0 Å². The maximum atomic E-state index is 11.2. The van der Waals surface area contributed by atoms with E-state index in [1.54, 1.807) is 6.07 Å². The minimum atomic E-state index is -0.790. The van der Waals surface area contributed by atoms with E-state index in [-0.39, 0.29) is 16.1 Å². The maximum absolute atomic E-state index is 11.2. The van der Waals surface area contributed by atoms with Crippen LogP contribution >= 0.6 is 11.6 Å². The molecule has 0 atom stereocenters. The molecule has 14 heavy (non-hydrogen) atoms.